The summed E-state index contributed by atoms with van der Waals surface area (Å²) in [4.78, 5) is 8.51. The van der Waals surface area contributed by atoms with E-state index in [4.69, 9.17) is 21.1 Å². The van der Waals surface area contributed by atoms with Crippen molar-refractivity contribution in [2.75, 3.05) is 23.8 Å². The lowest BCUT2D eigenvalue weighted by Gasteiger charge is -2.19. The molecular formula is C19H17ClN4O2. The predicted octanol–water partition coefficient (Wildman–Crippen LogP) is 4.70. The normalized spacial score (nSPS) is 12.5. The van der Waals surface area contributed by atoms with Crippen LogP contribution in [0.15, 0.2) is 48.8 Å². The summed E-state index contributed by atoms with van der Waals surface area (Å²) >= 11 is 6.17. The lowest BCUT2D eigenvalue weighted by Crippen LogP contribution is -2.15. The SMILES string of the molecule is Cc1ccc(Nc2cc(Nc3ccc4c(c3)OCCO4)ncn2)cc1Cl. The van der Waals surface area contributed by atoms with Crippen molar-refractivity contribution in [3.8, 4) is 11.5 Å². The molecule has 3 aromatic rings. The fourth-order valence-electron chi connectivity index (χ4n) is 2.58. The van der Waals surface area contributed by atoms with Gasteiger partial charge in [0.2, 0.25) is 0 Å². The molecule has 7 heteroatoms. The number of aromatic nitrogens is 2. The van der Waals surface area contributed by atoms with Crippen molar-refractivity contribution in [3.63, 3.8) is 0 Å². The highest BCUT2D eigenvalue weighted by atomic mass is 35.5. The summed E-state index contributed by atoms with van der Waals surface area (Å²) in [6.07, 6.45) is 1.50. The first-order chi connectivity index (χ1) is 12.7. The van der Waals surface area contributed by atoms with Gasteiger partial charge in [-0.1, -0.05) is 17.7 Å². The number of benzene rings is 2. The Morgan fingerprint density at radius 2 is 1.50 bits per heavy atom. The second kappa shape index (κ2) is 7.09. The predicted molar refractivity (Wildman–Crippen MR) is 102 cm³/mol. The van der Waals surface area contributed by atoms with Crippen LogP contribution in [0.25, 0.3) is 0 Å². The quantitative estimate of drug-likeness (QED) is 0.695. The van der Waals surface area contributed by atoms with Crippen LogP contribution in [0.2, 0.25) is 5.02 Å². The highest BCUT2D eigenvalue weighted by Crippen LogP contribution is 2.33. The number of halogens is 1. The molecule has 0 radical (unpaired) electrons. The molecule has 2 aromatic carbocycles. The first-order valence-corrected chi connectivity index (χ1v) is 8.57. The summed E-state index contributed by atoms with van der Waals surface area (Å²) in [6.45, 7) is 3.09. The highest BCUT2D eigenvalue weighted by Gasteiger charge is 2.12. The second-order valence-electron chi connectivity index (χ2n) is 5.86. The third-order valence-corrected chi connectivity index (χ3v) is 4.33. The van der Waals surface area contributed by atoms with Gasteiger partial charge in [0.1, 0.15) is 31.2 Å². The van der Waals surface area contributed by atoms with Crippen molar-refractivity contribution in [3.05, 3.63) is 59.4 Å². The molecule has 0 unspecified atom stereocenters. The second-order valence-corrected chi connectivity index (χ2v) is 6.27. The Hall–Kier alpha value is -2.99. The van der Waals surface area contributed by atoms with Crippen LogP contribution >= 0.6 is 11.6 Å². The van der Waals surface area contributed by atoms with Gasteiger partial charge in [0, 0.05) is 28.5 Å². The minimum atomic E-state index is 0.553. The molecule has 2 heterocycles. The average Bonchev–Trinajstić information content (AvgIpc) is 2.65. The van der Waals surface area contributed by atoms with Gasteiger partial charge in [-0.2, -0.15) is 0 Å². The van der Waals surface area contributed by atoms with Crippen LogP contribution in [0.5, 0.6) is 11.5 Å². The summed E-state index contributed by atoms with van der Waals surface area (Å²) in [6, 6.07) is 13.3. The zero-order valence-electron chi connectivity index (χ0n) is 14.1. The summed E-state index contributed by atoms with van der Waals surface area (Å²) in [7, 11) is 0. The van der Waals surface area contributed by atoms with E-state index in [9.17, 15) is 0 Å². The lowest BCUT2D eigenvalue weighted by molar-refractivity contribution is 0.171. The van der Waals surface area contributed by atoms with E-state index in [2.05, 4.69) is 20.6 Å². The Bertz CT molecular complexity index is 949. The average molecular weight is 369 g/mol. The Kier molecular flexibility index (Phi) is 4.50. The Balaban J connectivity index is 1.51. The van der Waals surface area contributed by atoms with Crippen molar-refractivity contribution < 1.29 is 9.47 Å². The molecule has 0 saturated heterocycles. The van der Waals surface area contributed by atoms with Gasteiger partial charge in [-0.25, -0.2) is 9.97 Å². The van der Waals surface area contributed by atoms with Crippen LogP contribution in [-0.2, 0) is 0 Å². The molecule has 0 bridgehead atoms. The van der Waals surface area contributed by atoms with E-state index in [0.717, 1.165) is 28.4 Å². The smallest absolute Gasteiger partial charge is 0.163 e. The molecule has 1 aliphatic heterocycles. The summed E-state index contributed by atoms with van der Waals surface area (Å²) in [5.41, 5.74) is 2.75. The molecule has 1 aromatic heterocycles. The van der Waals surface area contributed by atoms with E-state index in [1.807, 2.05) is 49.4 Å². The molecule has 4 rings (SSSR count). The van der Waals surface area contributed by atoms with Crippen LogP contribution in [0.3, 0.4) is 0 Å². The Labute approximate surface area is 156 Å². The van der Waals surface area contributed by atoms with Crippen molar-refractivity contribution in [1.82, 2.24) is 9.97 Å². The van der Waals surface area contributed by atoms with Gasteiger partial charge in [0.15, 0.2) is 11.5 Å². The maximum atomic E-state index is 6.17. The number of ether oxygens (including phenoxy) is 2. The zero-order valence-corrected chi connectivity index (χ0v) is 14.9. The summed E-state index contributed by atoms with van der Waals surface area (Å²) in [5, 5.41) is 7.18. The third-order valence-electron chi connectivity index (χ3n) is 3.93. The van der Waals surface area contributed by atoms with Crippen LogP contribution in [0.1, 0.15) is 5.56 Å². The van der Waals surface area contributed by atoms with Crippen LogP contribution in [-0.4, -0.2) is 23.2 Å². The molecule has 132 valence electrons. The molecule has 0 aliphatic carbocycles. The van der Waals surface area contributed by atoms with E-state index >= 15 is 0 Å². The van der Waals surface area contributed by atoms with Crippen molar-refractivity contribution in [2.24, 2.45) is 0 Å². The van der Waals surface area contributed by atoms with Crippen molar-refractivity contribution in [1.29, 1.82) is 0 Å². The van der Waals surface area contributed by atoms with Gasteiger partial charge in [-0.05, 0) is 36.8 Å². The molecule has 6 nitrogen and oxygen atoms in total. The fraction of sp³-hybridized carbons (Fsp3) is 0.158. The number of aryl methyl sites for hydroxylation is 1. The maximum Gasteiger partial charge on any atom is 0.163 e. The van der Waals surface area contributed by atoms with Gasteiger partial charge >= 0.3 is 0 Å². The van der Waals surface area contributed by atoms with Crippen molar-refractivity contribution >= 4 is 34.6 Å². The molecule has 1 aliphatic rings. The zero-order chi connectivity index (χ0) is 17.9. The third kappa shape index (κ3) is 3.65. The van der Waals surface area contributed by atoms with Gasteiger partial charge in [0.05, 0.1) is 0 Å². The minimum absolute atomic E-state index is 0.553. The number of fused-ring (bicyclic) bond motifs is 1. The monoisotopic (exact) mass is 368 g/mol. The number of nitrogens with one attached hydrogen (secondary N) is 2. The summed E-state index contributed by atoms with van der Waals surface area (Å²) < 4.78 is 11.1. The van der Waals surface area contributed by atoms with Crippen molar-refractivity contribution in [2.45, 2.75) is 6.92 Å². The molecule has 0 atom stereocenters. The number of hydrogen-bond donors (Lipinski definition) is 2. The number of rotatable bonds is 4. The van der Waals surface area contributed by atoms with E-state index in [-0.39, 0.29) is 0 Å². The molecule has 0 spiro atoms. The standard InChI is InChI=1S/C19H17ClN4O2/c1-12-2-3-13(8-15(12)20)23-18-10-19(22-11-21-18)24-14-4-5-16-17(9-14)26-7-6-25-16/h2-5,8-11H,6-7H2,1H3,(H2,21,22,23,24). The summed E-state index contributed by atoms with van der Waals surface area (Å²) in [5.74, 6) is 2.81. The molecule has 26 heavy (non-hydrogen) atoms. The van der Waals surface area contributed by atoms with E-state index < -0.39 is 0 Å². The first kappa shape index (κ1) is 16.5. The van der Waals surface area contributed by atoms with Crippen LogP contribution in [0, 0.1) is 6.92 Å². The van der Waals surface area contributed by atoms with E-state index in [1.165, 1.54) is 6.33 Å². The van der Waals surface area contributed by atoms with Gasteiger partial charge in [-0.15, -0.1) is 0 Å². The molecular weight excluding hydrogens is 352 g/mol. The van der Waals surface area contributed by atoms with Crippen LogP contribution < -0.4 is 20.1 Å². The molecule has 0 saturated carbocycles. The Morgan fingerprint density at radius 3 is 2.23 bits per heavy atom. The first-order valence-electron chi connectivity index (χ1n) is 8.19. The lowest BCUT2D eigenvalue weighted by atomic mass is 10.2. The number of anilines is 4. The molecule has 0 fully saturated rings. The van der Waals surface area contributed by atoms with Gasteiger partial charge in [-0.3, -0.25) is 0 Å². The topological polar surface area (TPSA) is 68.3 Å². The largest absolute Gasteiger partial charge is 0.486 e. The fourth-order valence-corrected chi connectivity index (χ4v) is 2.76. The van der Waals surface area contributed by atoms with Gasteiger partial charge < -0.3 is 20.1 Å². The van der Waals surface area contributed by atoms with E-state index in [0.29, 0.717) is 29.9 Å². The number of hydrogen-bond acceptors (Lipinski definition) is 6. The molecule has 2 N–H and O–H groups in total. The number of nitrogens with zero attached hydrogens (tertiary/aromatic N) is 2. The highest BCUT2D eigenvalue weighted by molar-refractivity contribution is 6.31. The molecule has 0 amide bonds. The maximum absolute atomic E-state index is 6.17. The Morgan fingerprint density at radius 1 is 0.846 bits per heavy atom. The van der Waals surface area contributed by atoms with Gasteiger partial charge in [0.25, 0.3) is 0 Å². The minimum Gasteiger partial charge on any atom is -0.486 e. The van der Waals surface area contributed by atoms with Crippen LogP contribution in [0.4, 0.5) is 23.0 Å². The van der Waals surface area contributed by atoms with E-state index in [1.54, 1.807) is 0 Å².